The highest BCUT2D eigenvalue weighted by Crippen LogP contribution is 2.54. The van der Waals surface area contributed by atoms with E-state index >= 15 is 0 Å². The first kappa shape index (κ1) is 23.3. The van der Waals surface area contributed by atoms with Gasteiger partial charge in [-0.15, -0.1) is 0 Å². The van der Waals surface area contributed by atoms with Gasteiger partial charge in [0, 0.05) is 31.0 Å². The molecule has 0 bridgehead atoms. The molecule has 1 aromatic rings. The van der Waals surface area contributed by atoms with Gasteiger partial charge in [0.15, 0.2) is 16.9 Å². The first-order chi connectivity index (χ1) is 15.4. The topological polar surface area (TPSA) is 117 Å². The van der Waals surface area contributed by atoms with Crippen LogP contribution in [0, 0.1) is 56.7 Å². The second-order valence-corrected chi connectivity index (χ2v) is 8.60. The molecule has 1 heterocycles. The summed E-state index contributed by atoms with van der Waals surface area (Å²) in [7, 11) is 1.56. The fourth-order valence-electron chi connectivity index (χ4n) is 4.84. The number of hydrogen-bond donors (Lipinski definition) is 1. The van der Waals surface area contributed by atoms with Crippen LogP contribution in [0.4, 0.5) is 0 Å². The Morgan fingerprint density at radius 2 is 1.94 bits per heavy atom. The number of nitriles is 3. The van der Waals surface area contributed by atoms with Crippen molar-refractivity contribution in [2.45, 2.75) is 39.2 Å². The van der Waals surface area contributed by atoms with Crippen LogP contribution in [0.2, 0.25) is 0 Å². The van der Waals surface area contributed by atoms with Gasteiger partial charge in [-0.1, -0.05) is 19.1 Å². The molecule has 0 spiro atoms. The highest BCUT2D eigenvalue weighted by Gasteiger charge is 2.57. The van der Waals surface area contributed by atoms with Gasteiger partial charge in [0.25, 0.3) is 0 Å². The summed E-state index contributed by atoms with van der Waals surface area (Å²) in [5.41, 5.74) is -0.304. The van der Waals surface area contributed by atoms with Crippen molar-refractivity contribution >= 4 is 5.71 Å². The standard InChI is InChI=1S/C25H29N5O2/c1-5-10-32-21-7-6-17(11-22(21)31-4)23-20-13-30(16(2)3)9-8-18(20)19(12-26)24(29)25(23,14-27)15-28/h6-8,11,16,19-20,23,29H,5,9-10,13H2,1-4H3/t19?,20?,23-/m1/s1. The maximum atomic E-state index is 10.2. The molecule has 3 atom stereocenters. The van der Waals surface area contributed by atoms with E-state index in [1.807, 2.05) is 25.1 Å². The molecule has 166 valence electrons. The van der Waals surface area contributed by atoms with Crippen molar-refractivity contribution in [2.24, 2.45) is 17.3 Å². The van der Waals surface area contributed by atoms with E-state index in [2.05, 4.69) is 37.0 Å². The van der Waals surface area contributed by atoms with Gasteiger partial charge in [0.1, 0.15) is 5.92 Å². The lowest BCUT2D eigenvalue weighted by Gasteiger charge is -2.48. The fourth-order valence-corrected chi connectivity index (χ4v) is 4.84. The molecule has 1 aliphatic carbocycles. The summed E-state index contributed by atoms with van der Waals surface area (Å²) in [5, 5.41) is 39.0. The first-order valence-corrected chi connectivity index (χ1v) is 10.9. The zero-order chi connectivity index (χ0) is 23.5. The smallest absolute Gasteiger partial charge is 0.189 e. The normalized spacial score (nSPS) is 24.5. The SMILES string of the molecule is CCCOc1ccc([C@@H]2C3CN(C(C)C)CC=C3C(C#N)C(=N)C2(C#N)C#N)cc1OC. The van der Waals surface area contributed by atoms with Crippen molar-refractivity contribution in [1.29, 1.82) is 21.2 Å². The summed E-state index contributed by atoms with van der Waals surface area (Å²) in [6, 6.07) is 12.2. The molecule has 1 aliphatic heterocycles. The Bertz CT molecular complexity index is 1030. The minimum absolute atomic E-state index is 0.138. The van der Waals surface area contributed by atoms with Crippen LogP contribution in [0.15, 0.2) is 29.8 Å². The summed E-state index contributed by atoms with van der Waals surface area (Å²) in [4.78, 5) is 2.26. The summed E-state index contributed by atoms with van der Waals surface area (Å²) in [6.45, 7) is 8.07. The maximum absolute atomic E-state index is 10.2. The number of nitrogens with one attached hydrogen (secondary N) is 1. The zero-order valence-electron chi connectivity index (χ0n) is 19.1. The third-order valence-electron chi connectivity index (χ3n) is 6.56. The number of benzene rings is 1. The average Bonchev–Trinajstić information content (AvgIpc) is 2.81. The van der Waals surface area contributed by atoms with Crippen LogP contribution in [-0.4, -0.2) is 43.5 Å². The Morgan fingerprint density at radius 1 is 1.22 bits per heavy atom. The Balaban J connectivity index is 2.20. The van der Waals surface area contributed by atoms with E-state index in [1.165, 1.54) is 0 Å². The van der Waals surface area contributed by atoms with Crippen molar-refractivity contribution in [1.82, 2.24) is 4.90 Å². The number of methoxy groups -OCH3 is 1. The van der Waals surface area contributed by atoms with Crippen molar-refractivity contribution in [3.05, 3.63) is 35.4 Å². The van der Waals surface area contributed by atoms with Crippen LogP contribution in [-0.2, 0) is 0 Å². The molecule has 0 aromatic heterocycles. The molecule has 7 nitrogen and oxygen atoms in total. The van der Waals surface area contributed by atoms with Gasteiger partial charge in [-0.2, -0.15) is 15.8 Å². The summed E-state index contributed by atoms with van der Waals surface area (Å²) in [6.07, 6.45) is 2.87. The molecular weight excluding hydrogens is 402 g/mol. The third kappa shape index (κ3) is 3.72. The zero-order valence-corrected chi connectivity index (χ0v) is 19.1. The predicted molar refractivity (Wildman–Crippen MR) is 120 cm³/mol. The molecule has 1 aromatic carbocycles. The quantitative estimate of drug-likeness (QED) is 0.679. The van der Waals surface area contributed by atoms with Crippen LogP contribution >= 0.6 is 0 Å². The van der Waals surface area contributed by atoms with E-state index in [0.29, 0.717) is 31.2 Å². The van der Waals surface area contributed by atoms with E-state index in [1.54, 1.807) is 13.2 Å². The van der Waals surface area contributed by atoms with Crippen molar-refractivity contribution in [3.63, 3.8) is 0 Å². The maximum Gasteiger partial charge on any atom is 0.189 e. The van der Waals surface area contributed by atoms with Gasteiger partial charge >= 0.3 is 0 Å². The summed E-state index contributed by atoms with van der Waals surface area (Å²) in [5.74, 6) is -0.579. The van der Waals surface area contributed by atoms with E-state index in [4.69, 9.17) is 14.9 Å². The number of fused-ring (bicyclic) bond motifs is 1. The highest BCUT2D eigenvalue weighted by atomic mass is 16.5. The van der Waals surface area contributed by atoms with Crippen molar-refractivity contribution in [2.75, 3.05) is 26.8 Å². The van der Waals surface area contributed by atoms with Gasteiger partial charge in [-0.3, -0.25) is 4.90 Å². The van der Waals surface area contributed by atoms with Gasteiger partial charge in [-0.25, -0.2) is 0 Å². The highest BCUT2D eigenvalue weighted by molar-refractivity contribution is 6.00. The van der Waals surface area contributed by atoms with Gasteiger partial charge < -0.3 is 14.9 Å². The largest absolute Gasteiger partial charge is 0.493 e. The van der Waals surface area contributed by atoms with Crippen molar-refractivity contribution in [3.8, 4) is 29.7 Å². The molecular formula is C25H29N5O2. The van der Waals surface area contributed by atoms with Crippen LogP contribution in [0.5, 0.6) is 11.5 Å². The van der Waals surface area contributed by atoms with Crippen LogP contribution in [0.1, 0.15) is 38.7 Å². The molecule has 32 heavy (non-hydrogen) atoms. The number of rotatable bonds is 6. The molecule has 1 N–H and O–H groups in total. The number of nitrogens with zero attached hydrogens (tertiary/aromatic N) is 4. The van der Waals surface area contributed by atoms with Crippen LogP contribution < -0.4 is 9.47 Å². The third-order valence-corrected chi connectivity index (χ3v) is 6.56. The van der Waals surface area contributed by atoms with E-state index < -0.39 is 17.3 Å². The number of ether oxygens (including phenoxy) is 2. The Morgan fingerprint density at radius 3 is 2.50 bits per heavy atom. The summed E-state index contributed by atoms with van der Waals surface area (Å²) >= 11 is 0. The van der Waals surface area contributed by atoms with E-state index in [9.17, 15) is 15.8 Å². The molecule has 1 saturated carbocycles. The molecule has 7 heteroatoms. The Kier molecular flexibility index (Phi) is 6.87. The molecule has 3 rings (SSSR count). The second kappa shape index (κ2) is 9.43. The molecule has 0 amide bonds. The van der Waals surface area contributed by atoms with Gasteiger partial charge in [-0.05, 0) is 43.5 Å². The fraction of sp³-hybridized carbons (Fsp3) is 0.520. The lowest BCUT2D eigenvalue weighted by Crippen LogP contribution is -2.53. The minimum atomic E-state index is -1.74. The Hall–Kier alpha value is -3.34. The molecule has 0 saturated heterocycles. The minimum Gasteiger partial charge on any atom is -0.493 e. The van der Waals surface area contributed by atoms with Crippen LogP contribution in [0.25, 0.3) is 0 Å². The first-order valence-electron chi connectivity index (χ1n) is 10.9. The lowest BCUT2D eigenvalue weighted by molar-refractivity contribution is 0.171. The van der Waals surface area contributed by atoms with Crippen molar-refractivity contribution < 1.29 is 9.47 Å². The predicted octanol–water partition coefficient (Wildman–Crippen LogP) is 4.04. The molecule has 2 unspecified atom stereocenters. The lowest BCUT2D eigenvalue weighted by atomic mass is 9.54. The monoisotopic (exact) mass is 431 g/mol. The summed E-state index contributed by atoms with van der Waals surface area (Å²) < 4.78 is 11.3. The Labute approximate surface area is 190 Å². The molecule has 0 radical (unpaired) electrons. The van der Waals surface area contributed by atoms with Gasteiger partial charge in [0.05, 0.1) is 37.6 Å². The molecule has 1 fully saturated rings. The number of hydrogen-bond acceptors (Lipinski definition) is 7. The average molecular weight is 432 g/mol. The van der Waals surface area contributed by atoms with E-state index in [-0.39, 0.29) is 17.7 Å². The van der Waals surface area contributed by atoms with Gasteiger partial charge in [0.2, 0.25) is 0 Å². The van der Waals surface area contributed by atoms with Crippen LogP contribution in [0.3, 0.4) is 0 Å². The van der Waals surface area contributed by atoms with E-state index in [0.717, 1.165) is 17.6 Å². The molecule has 2 aliphatic rings. The second-order valence-electron chi connectivity index (χ2n) is 8.60.